The van der Waals surface area contributed by atoms with E-state index in [0.717, 1.165) is 25.2 Å². The predicted molar refractivity (Wildman–Crippen MR) is 74.0 cm³/mol. The van der Waals surface area contributed by atoms with Crippen LogP contribution in [0.4, 0.5) is 11.4 Å². The number of hydrogen-bond donors (Lipinski definition) is 0. The van der Waals surface area contributed by atoms with Gasteiger partial charge in [-0.3, -0.25) is 10.1 Å². The van der Waals surface area contributed by atoms with Gasteiger partial charge in [-0.1, -0.05) is 0 Å². The number of anilines is 1. The third kappa shape index (κ3) is 2.78. The summed E-state index contributed by atoms with van der Waals surface area (Å²) in [4.78, 5) is 14.9. The van der Waals surface area contributed by atoms with Crippen molar-refractivity contribution in [2.24, 2.45) is 0 Å². The first-order valence-corrected chi connectivity index (χ1v) is 6.26. The van der Waals surface area contributed by atoms with E-state index in [9.17, 15) is 10.1 Å². The van der Waals surface area contributed by atoms with Gasteiger partial charge in [0.25, 0.3) is 0 Å². The number of ether oxygens (including phenoxy) is 1. The minimum Gasteiger partial charge on any atom is -0.490 e. The Labute approximate surface area is 112 Å². The van der Waals surface area contributed by atoms with Gasteiger partial charge in [0.2, 0.25) is 0 Å². The molecule has 104 valence electrons. The van der Waals surface area contributed by atoms with Crippen LogP contribution in [0.1, 0.15) is 6.42 Å². The number of nitrogens with zero attached hydrogens (tertiary/aromatic N) is 3. The van der Waals surface area contributed by atoms with Crippen molar-refractivity contribution in [2.45, 2.75) is 12.5 Å². The molecule has 0 unspecified atom stereocenters. The molecule has 1 aliphatic heterocycles. The standard InChI is InChI=1S/C13H19N3O3/c1-14(2)11-6-7-15(9-11)10-4-5-12(16(17)18)13(8-10)19-3/h4-5,8,11H,6-7,9H2,1-3H3/t11-/m1/s1. The number of nitro groups is 1. The fourth-order valence-electron chi connectivity index (χ4n) is 2.41. The summed E-state index contributed by atoms with van der Waals surface area (Å²) in [7, 11) is 5.61. The second-order valence-electron chi connectivity index (χ2n) is 4.97. The molecule has 1 heterocycles. The zero-order valence-electron chi connectivity index (χ0n) is 11.5. The van der Waals surface area contributed by atoms with Crippen molar-refractivity contribution in [3.8, 4) is 5.75 Å². The lowest BCUT2D eigenvalue weighted by Gasteiger charge is -2.22. The molecule has 6 heteroatoms. The van der Waals surface area contributed by atoms with Gasteiger partial charge in [-0.05, 0) is 26.6 Å². The first-order valence-electron chi connectivity index (χ1n) is 6.26. The maximum atomic E-state index is 10.9. The van der Waals surface area contributed by atoms with E-state index < -0.39 is 4.92 Å². The summed E-state index contributed by atoms with van der Waals surface area (Å²) >= 11 is 0. The molecule has 0 bridgehead atoms. The molecule has 1 aromatic rings. The van der Waals surface area contributed by atoms with Crippen LogP contribution in [-0.2, 0) is 0 Å². The van der Waals surface area contributed by atoms with Crippen LogP contribution in [0.3, 0.4) is 0 Å². The topological polar surface area (TPSA) is 58.8 Å². The van der Waals surface area contributed by atoms with Gasteiger partial charge >= 0.3 is 5.69 Å². The first-order chi connectivity index (χ1) is 9.02. The van der Waals surface area contributed by atoms with Crippen LogP contribution in [0.2, 0.25) is 0 Å². The van der Waals surface area contributed by atoms with Crippen LogP contribution < -0.4 is 9.64 Å². The lowest BCUT2D eigenvalue weighted by molar-refractivity contribution is -0.385. The molecule has 1 aliphatic rings. The Morgan fingerprint density at radius 2 is 2.21 bits per heavy atom. The summed E-state index contributed by atoms with van der Waals surface area (Å²) in [5, 5.41) is 10.9. The summed E-state index contributed by atoms with van der Waals surface area (Å²) in [5.41, 5.74) is 0.987. The van der Waals surface area contributed by atoms with E-state index in [4.69, 9.17) is 4.74 Å². The van der Waals surface area contributed by atoms with Gasteiger partial charge in [0.15, 0.2) is 5.75 Å². The number of likely N-dealkylation sites (N-methyl/N-ethyl adjacent to an activating group) is 1. The quantitative estimate of drug-likeness (QED) is 0.613. The number of hydrogen-bond acceptors (Lipinski definition) is 5. The van der Waals surface area contributed by atoms with Crippen molar-refractivity contribution in [3.05, 3.63) is 28.3 Å². The van der Waals surface area contributed by atoms with Gasteiger partial charge in [-0.15, -0.1) is 0 Å². The second kappa shape index (κ2) is 5.44. The van der Waals surface area contributed by atoms with Crippen molar-refractivity contribution < 1.29 is 9.66 Å². The Bertz CT molecular complexity index is 476. The highest BCUT2D eigenvalue weighted by Gasteiger charge is 2.25. The Hall–Kier alpha value is -1.82. The van der Waals surface area contributed by atoms with E-state index in [1.54, 1.807) is 12.1 Å². The first kappa shape index (κ1) is 13.6. The van der Waals surface area contributed by atoms with Crippen LogP contribution in [0.15, 0.2) is 18.2 Å². The fraction of sp³-hybridized carbons (Fsp3) is 0.538. The van der Waals surface area contributed by atoms with Crippen LogP contribution in [0.25, 0.3) is 0 Å². The molecule has 0 saturated carbocycles. The average molecular weight is 265 g/mol. The Morgan fingerprint density at radius 1 is 1.47 bits per heavy atom. The van der Waals surface area contributed by atoms with Gasteiger partial charge in [0.05, 0.1) is 12.0 Å². The van der Waals surface area contributed by atoms with Crippen molar-refractivity contribution in [1.29, 1.82) is 0 Å². The number of methoxy groups -OCH3 is 1. The normalized spacial score (nSPS) is 18.9. The van der Waals surface area contributed by atoms with Crippen molar-refractivity contribution in [3.63, 3.8) is 0 Å². The molecule has 0 aromatic heterocycles. The third-order valence-corrected chi connectivity index (χ3v) is 3.62. The molecule has 1 aromatic carbocycles. The second-order valence-corrected chi connectivity index (χ2v) is 4.97. The molecule has 0 radical (unpaired) electrons. The Balaban J connectivity index is 2.20. The summed E-state index contributed by atoms with van der Waals surface area (Å²) in [5.74, 6) is 0.316. The fourth-order valence-corrected chi connectivity index (χ4v) is 2.41. The molecule has 0 amide bonds. The summed E-state index contributed by atoms with van der Waals surface area (Å²) in [6.07, 6.45) is 1.10. The van der Waals surface area contributed by atoms with Gasteiger partial charge < -0.3 is 14.5 Å². The lowest BCUT2D eigenvalue weighted by Crippen LogP contribution is -2.31. The molecule has 0 N–H and O–H groups in total. The van der Waals surface area contributed by atoms with Gasteiger partial charge in [-0.25, -0.2) is 0 Å². The van der Waals surface area contributed by atoms with Gasteiger partial charge in [0.1, 0.15) is 0 Å². The van der Waals surface area contributed by atoms with E-state index >= 15 is 0 Å². The highest BCUT2D eigenvalue weighted by Crippen LogP contribution is 2.32. The molecule has 2 rings (SSSR count). The SMILES string of the molecule is COc1cc(N2CC[C@@H](N(C)C)C2)ccc1[N+](=O)[O-]. The molecule has 0 aliphatic carbocycles. The van der Waals surface area contributed by atoms with E-state index in [2.05, 4.69) is 23.9 Å². The molecular formula is C13H19N3O3. The maximum Gasteiger partial charge on any atom is 0.311 e. The van der Waals surface area contributed by atoms with Crippen molar-refractivity contribution in [2.75, 3.05) is 39.2 Å². The molecule has 1 atom stereocenters. The highest BCUT2D eigenvalue weighted by molar-refractivity contribution is 5.59. The van der Waals surface area contributed by atoms with Gasteiger partial charge in [-0.2, -0.15) is 0 Å². The zero-order chi connectivity index (χ0) is 14.0. The smallest absolute Gasteiger partial charge is 0.311 e. The highest BCUT2D eigenvalue weighted by atomic mass is 16.6. The maximum absolute atomic E-state index is 10.9. The lowest BCUT2D eigenvalue weighted by atomic mass is 10.2. The molecular weight excluding hydrogens is 246 g/mol. The monoisotopic (exact) mass is 265 g/mol. The molecule has 19 heavy (non-hydrogen) atoms. The minimum absolute atomic E-state index is 0.00889. The summed E-state index contributed by atoms with van der Waals surface area (Å²) in [6, 6.07) is 5.58. The average Bonchev–Trinajstić information content (AvgIpc) is 2.87. The Morgan fingerprint density at radius 3 is 2.74 bits per heavy atom. The van der Waals surface area contributed by atoms with E-state index in [0.29, 0.717) is 11.8 Å². The number of nitro benzene ring substituents is 1. The molecule has 1 saturated heterocycles. The summed E-state index contributed by atoms with van der Waals surface area (Å²) < 4.78 is 5.10. The third-order valence-electron chi connectivity index (χ3n) is 3.62. The molecule has 0 spiro atoms. The van der Waals surface area contributed by atoms with E-state index in [-0.39, 0.29) is 5.69 Å². The number of rotatable bonds is 4. The zero-order valence-corrected chi connectivity index (χ0v) is 11.5. The molecule has 6 nitrogen and oxygen atoms in total. The van der Waals surface area contributed by atoms with Crippen LogP contribution in [0, 0.1) is 10.1 Å². The van der Waals surface area contributed by atoms with Crippen molar-refractivity contribution >= 4 is 11.4 Å². The Kier molecular flexibility index (Phi) is 3.90. The van der Waals surface area contributed by atoms with Crippen LogP contribution in [0.5, 0.6) is 5.75 Å². The summed E-state index contributed by atoms with van der Waals surface area (Å²) in [6.45, 7) is 1.90. The van der Waals surface area contributed by atoms with Crippen LogP contribution in [-0.4, -0.2) is 50.2 Å². The van der Waals surface area contributed by atoms with Crippen molar-refractivity contribution in [1.82, 2.24) is 4.90 Å². The predicted octanol–water partition coefficient (Wildman–Crippen LogP) is 1.74. The number of benzene rings is 1. The van der Waals surface area contributed by atoms with E-state index in [1.807, 2.05) is 0 Å². The molecule has 1 fully saturated rings. The van der Waals surface area contributed by atoms with E-state index in [1.165, 1.54) is 13.2 Å². The van der Waals surface area contributed by atoms with Crippen LogP contribution >= 0.6 is 0 Å². The minimum atomic E-state index is -0.421. The largest absolute Gasteiger partial charge is 0.490 e. The van der Waals surface area contributed by atoms with Gasteiger partial charge in [0, 0.05) is 37.0 Å².